The van der Waals surface area contributed by atoms with Crippen LogP contribution in [-0.2, 0) is 0 Å². The van der Waals surface area contributed by atoms with Gasteiger partial charge in [0.15, 0.2) is 0 Å². The highest BCUT2D eigenvalue weighted by Crippen LogP contribution is 2.23. The van der Waals surface area contributed by atoms with Gasteiger partial charge >= 0.3 is 0 Å². The fraction of sp³-hybridized carbons (Fsp3) is 0.231. The van der Waals surface area contributed by atoms with E-state index in [0.29, 0.717) is 11.3 Å². The van der Waals surface area contributed by atoms with Crippen molar-refractivity contribution in [1.29, 1.82) is 0 Å². The van der Waals surface area contributed by atoms with Crippen molar-refractivity contribution in [2.75, 3.05) is 28.6 Å². The van der Waals surface area contributed by atoms with Gasteiger partial charge in [0.1, 0.15) is 5.82 Å². The van der Waals surface area contributed by atoms with Crippen LogP contribution in [0.1, 0.15) is 34.6 Å². The SMILES string of the molecule is Cc1cc(Nc2ccc(NC(=O)c3cnn(-c4ccccc4)c3C)cc2)nc(N2CCCC2)n1. The van der Waals surface area contributed by atoms with Gasteiger partial charge in [-0.1, -0.05) is 18.2 Å². The molecule has 8 heteroatoms. The smallest absolute Gasteiger partial charge is 0.259 e. The van der Waals surface area contributed by atoms with Crippen LogP contribution in [0.4, 0.5) is 23.1 Å². The van der Waals surface area contributed by atoms with E-state index < -0.39 is 0 Å². The molecule has 34 heavy (non-hydrogen) atoms. The third-order valence-corrected chi connectivity index (χ3v) is 5.90. The Bertz CT molecular complexity index is 1290. The highest BCUT2D eigenvalue weighted by molar-refractivity contribution is 6.05. The van der Waals surface area contributed by atoms with Crippen LogP contribution in [-0.4, -0.2) is 38.7 Å². The molecule has 2 N–H and O–H groups in total. The molecule has 0 bridgehead atoms. The summed E-state index contributed by atoms with van der Waals surface area (Å²) in [5.74, 6) is 1.34. The van der Waals surface area contributed by atoms with Crippen molar-refractivity contribution in [2.24, 2.45) is 0 Å². The molecular weight excluding hydrogens is 426 g/mol. The van der Waals surface area contributed by atoms with Gasteiger partial charge < -0.3 is 15.5 Å². The van der Waals surface area contributed by atoms with Crippen LogP contribution in [0, 0.1) is 13.8 Å². The average molecular weight is 454 g/mol. The normalized spacial score (nSPS) is 13.2. The van der Waals surface area contributed by atoms with Crippen LogP contribution in [0.5, 0.6) is 0 Å². The predicted molar refractivity (Wildman–Crippen MR) is 134 cm³/mol. The third-order valence-electron chi connectivity index (χ3n) is 5.90. The molecule has 0 aliphatic carbocycles. The van der Waals surface area contributed by atoms with Gasteiger partial charge in [0, 0.05) is 36.2 Å². The molecule has 0 spiro atoms. The van der Waals surface area contributed by atoms with Crippen molar-refractivity contribution in [1.82, 2.24) is 19.7 Å². The van der Waals surface area contributed by atoms with E-state index in [-0.39, 0.29) is 5.91 Å². The van der Waals surface area contributed by atoms with Crippen LogP contribution in [0.2, 0.25) is 0 Å². The molecule has 1 fully saturated rings. The number of benzene rings is 2. The predicted octanol–water partition coefficient (Wildman–Crippen LogP) is 4.88. The second kappa shape index (κ2) is 9.35. The van der Waals surface area contributed by atoms with Crippen LogP contribution in [0.25, 0.3) is 5.69 Å². The number of carbonyl (C=O) groups is 1. The molecule has 2 aromatic carbocycles. The molecule has 1 amide bonds. The van der Waals surface area contributed by atoms with E-state index in [2.05, 4.69) is 30.6 Å². The summed E-state index contributed by atoms with van der Waals surface area (Å²) in [4.78, 5) is 24.3. The maximum atomic E-state index is 12.9. The van der Waals surface area contributed by atoms with E-state index >= 15 is 0 Å². The molecule has 1 aliphatic heterocycles. The Morgan fingerprint density at radius 2 is 1.62 bits per heavy atom. The summed E-state index contributed by atoms with van der Waals surface area (Å²) in [7, 11) is 0. The molecule has 0 saturated carbocycles. The topological polar surface area (TPSA) is 88.0 Å². The van der Waals surface area contributed by atoms with Crippen molar-refractivity contribution in [2.45, 2.75) is 26.7 Å². The zero-order valence-electron chi connectivity index (χ0n) is 19.3. The minimum atomic E-state index is -0.193. The second-order valence-corrected chi connectivity index (χ2v) is 8.44. The largest absolute Gasteiger partial charge is 0.341 e. The monoisotopic (exact) mass is 453 g/mol. The van der Waals surface area contributed by atoms with Gasteiger partial charge in [0.25, 0.3) is 5.91 Å². The maximum absolute atomic E-state index is 12.9. The van der Waals surface area contributed by atoms with Crippen molar-refractivity contribution in [3.63, 3.8) is 0 Å². The van der Waals surface area contributed by atoms with E-state index in [1.807, 2.05) is 74.5 Å². The van der Waals surface area contributed by atoms with E-state index in [9.17, 15) is 4.79 Å². The van der Waals surface area contributed by atoms with Gasteiger partial charge in [-0.05, 0) is 63.1 Å². The van der Waals surface area contributed by atoms with E-state index in [1.165, 1.54) is 12.8 Å². The van der Waals surface area contributed by atoms with Gasteiger partial charge in [-0.2, -0.15) is 10.1 Å². The van der Waals surface area contributed by atoms with E-state index in [0.717, 1.165) is 47.6 Å². The summed E-state index contributed by atoms with van der Waals surface area (Å²) >= 11 is 0. The number of para-hydroxylation sites is 1. The minimum Gasteiger partial charge on any atom is -0.341 e. The molecule has 3 heterocycles. The number of carbonyl (C=O) groups excluding carboxylic acids is 1. The number of aryl methyl sites for hydroxylation is 1. The molecule has 0 radical (unpaired) electrons. The Morgan fingerprint density at radius 1 is 0.912 bits per heavy atom. The number of hydrogen-bond acceptors (Lipinski definition) is 6. The first-order chi connectivity index (χ1) is 16.6. The summed E-state index contributed by atoms with van der Waals surface area (Å²) in [5, 5.41) is 10.7. The third kappa shape index (κ3) is 4.61. The Labute approximate surface area is 198 Å². The molecule has 0 atom stereocenters. The van der Waals surface area contributed by atoms with Crippen LogP contribution in [0.3, 0.4) is 0 Å². The summed E-state index contributed by atoms with van der Waals surface area (Å²) in [6, 6.07) is 19.3. The maximum Gasteiger partial charge on any atom is 0.259 e. The first-order valence-corrected chi connectivity index (χ1v) is 11.5. The Morgan fingerprint density at radius 3 is 2.35 bits per heavy atom. The molecular formula is C26H27N7O. The number of nitrogens with zero attached hydrogens (tertiary/aromatic N) is 5. The lowest BCUT2D eigenvalue weighted by Gasteiger charge is -2.17. The Kier molecular flexibility index (Phi) is 5.95. The first-order valence-electron chi connectivity index (χ1n) is 11.5. The lowest BCUT2D eigenvalue weighted by Crippen LogP contribution is -2.21. The zero-order valence-corrected chi connectivity index (χ0v) is 19.3. The number of nitrogens with one attached hydrogen (secondary N) is 2. The first kappa shape index (κ1) is 21.6. The van der Waals surface area contributed by atoms with Crippen molar-refractivity contribution in [3.05, 3.63) is 83.8 Å². The van der Waals surface area contributed by atoms with E-state index in [1.54, 1.807) is 10.9 Å². The zero-order chi connectivity index (χ0) is 23.5. The van der Waals surface area contributed by atoms with Gasteiger partial charge in [-0.25, -0.2) is 9.67 Å². The minimum absolute atomic E-state index is 0.193. The highest BCUT2D eigenvalue weighted by Gasteiger charge is 2.17. The van der Waals surface area contributed by atoms with Gasteiger partial charge in [0.2, 0.25) is 5.95 Å². The van der Waals surface area contributed by atoms with Crippen molar-refractivity contribution >= 4 is 29.0 Å². The van der Waals surface area contributed by atoms with Crippen LogP contribution in [0.15, 0.2) is 66.9 Å². The average Bonchev–Trinajstić information content (AvgIpc) is 3.51. The molecule has 2 aromatic heterocycles. The van der Waals surface area contributed by atoms with Gasteiger partial charge in [-0.15, -0.1) is 0 Å². The summed E-state index contributed by atoms with van der Waals surface area (Å²) in [6.07, 6.45) is 3.96. The fourth-order valence-corrected chi connectivity index (χ4v) is 4.12. The van der Waals surface area contributed by atoms with Gasteiger partial charge in [-0.3, -0.25) is 4.79 Å². The van der Waals surface area contributed by atoms with Crippen LogP contribution < -0.4 is 15.5 Å². The summed E-state index contributed by atoms with van der Waals surface area (Å²) in [6.45, 7) is 5.87. The molecule has 1 aliphatic rings. The lowest BCUT2D eigenvalue weighted by atomic mass is 10.2. The Hall–Kier alpha value is -4.20. The lowest BCUT2D eigenvalue weighted by molar-refractivity contribution is 0.102. The Balaban J connectivity index is 1.26. The summed E-state index contributed by atoms with van der Waals surface area (Å²) in [5.41, 5.74) is 4.76. The van der Waals surface area contributed by atoms with Crippen molar-refractivity contribution < 1.29 is 4.79 Å². The number of anilines is 4. The summed E-state index contributed by atoms with van der Waals surface area (Å²) < 4.78 is 1.77. The van der Waals surface area contributed by atoms with Gasteiger partial charge in [0.05, 0.1) is 23.1 Å². The number of hydrogen-bond donors (Lipinski definition) is 2. The van der Waals surface area contributed by atoms with Crippen molar-refractivity contribution in [3.8, 4) is 5.69 Å². The van der Waals surface area contributed by atoms with Crippen LogP contribution >= 0.6 is 0 Å². The molecule has 5 rings (SSSR count). The molecule has 8 nitrogen and oxygen atoms in total. The highest BCUT2D eigenvalue weighted by atomic mass is 16.1. The van der Waals surface area contributed by atoms with E-state index in [4.69, 9.17) is 0 Å². The molecule has 4 aromatic rings. The molecule has 172 valence electrons. The fourth-order valence-electron chi connectivity index (χ4n) is 4.12. The second-order valence-electron chi connectivity index (χ2n) is 8.44. The number of rotatable bonds is 6. The number of aromatic nitrogens is 4. The molecule has 0 unspecified atom stereocenters. The number of amides is 1. The quantitative estimate of drug-likeness (QED) is 0.433. The molecule has 1 saturated heterocycles. The standard InChI is InChI=1S/C26H27N7O/c1-18-16-24(31-26(28-18)32-14-6-7-15-32)29-20-10-12-21(13-11-20)30-25(34)23-17-27-33(19(23)2)22-8-4-3-5-9-22/h3-5,8-13,16-17H,6-7,14-15H2,1-2H3,(H,30,34)(H,28,29,31).